The summed E-state index contributed by atoms with van der Waals surface area (Å²) in [6.07, 6.45) is 0. The van der Waals surface area contributed by atoms with E-state index in [9.17, 15) is 0 Å². The average Bonchev–Trinajstić information content (AvgIpc) is 2.03. The molecule has 1 aliphatic rings. The normalized spacial score (nSPS) is 30.0. The second kappa shape index (κ2) is 4.92. The van der Waals surface area contributed by atoms with Gasteiger partial charge in [-0.2, -0.15) is 23.5 Å². The van der Waals surface area contributed by atoms with Crippen LogP contribution in [0, 0.1) is 0 Å². The molecule has 0 radical (unpaired) electrons. The van der Waals surface area contributed by atoms with Crippen LogP contribution in [0.4, 0.5) is 0 Å². The van der Waals surface area contributed by atoms with Crippen LogP contribution in [-0.4, -0.2) is 44.8 Å². The molecule has 0 unspecified atom stereocenters. The first-order chi connectivity index (χ1) is 6.66. The summed E-state index contributed by atoms with van der Waals surface area (Å²) in [4.78, 5) is 0. The molecule has 0 aromatic rings. The maximum Gasteiger partial charge on any atom is 0.0679 e. The van der Waals surface area contributed by atoms with Gasteiger partial charge < -0.3 is 0 Å². The fraction of sp³-hybridized carbons (Fsp3) is 1.00. The van der Waals surface area contributed by atoms with Crippen molar-refractivity contribution in [3.05, 3.63) is 0 Å². The third-order valence-electron chi connectivity index (χ3n) is 3.74. The molecule has 0 N–H and O–H groups in total. The van der Waals surface area contributed by atoms with Crippen molar-refractivity contribution in [3.8, 4) is 0 Å². The van der Waals surface area contributed by atoms with Gasteiger partial charge in [-0.25, -0.2) is 0 Å². The minimum Gasteiger partial charge on any atom is -0.168 e. The Morgan fingerprint density at radius 2 is 0.933 bits per heavy atom. The van der Waals surface area contributed by atoms with Crippen molar-refractivity contribution in [3.63, 3.8) is 0 Å². The van der Waals surface area contributed by atoms with Crippen molar-refractivity contribution in [1.29, 1.82) is 0 Å². The fourth-order valence-electron chi connectivity index (χ4n) is 1.60. The highest BCUT2D eigenvalue weighted by Crippen LogP contribution is 2.31. The first-order valence-corrected chi connectivity index (χ1v) is 19.0. The summed E-state index contributed by atoms with van der Waals surface area (Å²) in [6.45, 7) is 15.7. The molecular weight excluding hydrogens is 269 g/mol. The molecule has 1 rings (SSSR count). The van der Waals surface area contributed by atoms with Gasteiger partial charge >= 0.3 is 0 Å². The van der Waals surface area contributed by atoms with E-state index in [-0.39, 0.29) is 0 Å². The molecule has 1 saturated heterocycles. The summed E-state index contributed by atoms with van der Waals surface area (Å²) in [5, 5.41) is 6.06. The van der Waals surface area contributed by atoms with Gasteiger partial charge in [0.15, 0.2) is 0 Å². The van der Waals surface area contributed by atoms with Crippen LogP contribution in [0.15, 0.2) is 0 Å². The van der Waals surface area contributed by atoms with E-state index in [1.54, 1.807) is 0 Å². The second-order valence-electron chi connectivity index (χ2n) is 6.92. The Bertz CT molecular complexity index is 205. The van der Waals surface area contributed by atoms with Crippen LogP contribution in [0.5, 0.6) is 0 Å². The van der Waals surface area contributed by atoms with E-state index in [2.05, 4.69) is 62.8 Å². The Morgan fingerprint density at radius 1 is 0.600 bits per heavy atom. The molecule has 1 fully saturated rings. The quantitative estimate of drug-likeness (QED) is 0.623. The molecule has 5 heteroatoms. The lowest BCUT2D eigenvalue weighted by molar-refractivity contribution is 1.64. The largest absolute Gasteiger partial charge is 0.168 e. The molecule has 0 saturated carbocycles. The molecule has 90 valence electrons. The molecule has 1 aliphatic heterocycles. The first-order valence-electron chi connectivity index (χ1n) is 5.82. The highest BCUT2D eigenvalue weighted by molar-refractivity contribution is 8.07. The van der Waals surface area contributed by atoms with Crippen LogP contribution in [-0.2, 0) is 0 Å². The Hall–Kier alpha value is 1.35. The van der Waals surface area contributed by atoms with Gasteiger partial charge in [0.2, 0.25) is 0 Å². The third-order valence-corrected chi connectivity index (χ3v) is 36.3. The zero-order chi connectivity index (χ0) is 11.7. The van der Waals surface area contributed by atoms with Crippen LogP contribution in [0.25, 0.3) is 0 Å². The van der Waals surface area contributed by atoms with E-state index in [1.165, 1.54) is 21.5 Å². The minimum atomic E-state index is -0.892. The lowest BCUT2D eigenvalue weighted by Crippen LogP contribution is -2.59. The molecule has 0 amide bonds. The number of rotatable bonds is 0. The van der Waals surface area contributed by atoms with E-state index < -0.39 is 23.3 Å². The lowest BCUT2D eigenvalue weighted by Gasteiger charge is -2.37. The minimum absolute atomic E-state index is 0.860. The number of hydrogen-bond donors (Lipinski definition) is 0. The average molecular weight is 295 g/mol. The summed E-state index contributed by atoms with van der Waals surface area (Å²) < 4.78 is 0. The molecule has 0 atom stereocenters. The van der Waals surface area contributed by atoms with Crippen molar-refractivity contribution < 1.29 is 0 Å². The molecule has 15 heavy (non-hydrogen) atoms. The maximum absolute atomic E-state index is 2.65. The monoisotopic (exact) mass is 294 g/mol. The van der Waals surface area contributed by atoms with E-state index in [0.29, 0.717) is 0 Å². The zero-order valence-electron chi connectivity index (χ0n) is 11.1. The summed E-state index contributed by atoms with van der Waals surface area (Å²) in [5.41, 5.74) is 0. The van der Waals surface area contributed by atoms with Gasteiger partial charge in [0, 0.05) is 0 Å². The smallest absolute Gasteiger partial charge is 0.0679 e. The molecule has 0 aliphatic carbocycles. The van der Waals surface area contributed by atoms with Gasteiger partial charge in [0.05, 0.1) is 23.3 Å². The predicted octanol–water partition coefficient (Wildman–Crippen LogP) is 3.83. The number of thioether (sulfide) groups is 2. The summed E-state index contributed by atoms with van der Waals surface area (Å²) in [6, 6.07) is 0. The van der Waals surface area contributed by atoms with Gasteiger partial charge in [-0.15, -0.1) is 0 Å². The highest BCUT2D eigenvalue weighted by Gasteiger charge is 2.42. The molecule has 0 bridgehead atoms. The topological polar surface area (TPSA) is 0 Å². The zero-order valence-corrected chi connectivity index (χ0v) is 15.8. The van der Waals surface area contributed by atoms with Crippen LogP contribution in [0.3, 0.4) is 0 Å². The van der Waals surface area contributed by atoms with Gasteiger partial charge in [-0.05, 0) is 21.5 Å². The number of hydrogen-bond acceptors (Lipinski definition) is 2. The first kappa shape index (κ1) is 14.4. The van der Waals surface area contributed by atoms with Gasteiger partial charge in [-0.1, -0.05) is 39.3 Å². The molecular formula is C10H26S2Si3. The van der Waals surface area contributed by atoms with Crippen LogP contribution in [0.2, 0.25) is 39.3 Å². The van der Waals surface area contributed by atoms with Crippen molar-refractivity contribution in [2.45, 2.75) is 39.3 Å². The Balaban J connectivity index is 2.75. The molecule has 0 aromatic carbocycles. The summed E-state index contributed by atoms with van der Waals surface area (Å²) in [7, 11) is -2.64. The van der Waals surface area contributed by atoms with Gasteiger partial charge in [-0.3, -0.25) is 0 Å². The van der Waals surface area contributed by atoms with Crippen LogP contribution < -0.4 is 0 Å². The highest BCUT2D eigenvalue weighted by atomic mass is 32.2. The van der Waals surface area contributed by atoms with E-state index >= 15 is 0 Å². The maximum atomic E-state index is 2.65. The van der Waals surface area contributed by atoms with Gasteiger partial charge in [0.25, 0.3) is 0 Å². The third kappa shape index (κ3) is 3.94. The van der Waals surface area contributed by atoms with E-state index in [4.69, 9.17) is 0 Å². The van der Waals surface area contributed by atoms with Crippen molar-refractivity contribution in [1.82, 2.24) is 0 Å². The van der Waals surface area contributed by atoms with E-state index in [1.807, 2.05) is 0 Å². The fourth-order valence-corrected chi connectivity index (χ4v) is 25.8. The Labute approximate surface area is 107 Å². The standard InChI is InChI=1S/C10H26S2Si3/c1-13(2)7-11-9-14(3,4)15(5,6)10-12-8-13/h7-10H2,1-6H3. The molecule has 1 heterocycles. The van der Waals surface area contributed by atoms with Gasteiger partial charge in [0.1, 0.15) is 0 Å². The SMILES string of the molecule is C[Si]1(C)CSC[Si](C)(C)[Si](C)(C)CSC1. The van der Waals surface area contributed by atoms with Crippen LogP contribution >= 0.6 is 23.5 Å². The summed E-state index contributed by atoms with van der Waals surface area (Å²) in [5.74, 6) is 0. The Kier molecular flexibility index (Phi) is 4.73. The Morgan fingerprint density at radius 3 is 1.27 bits per heavy atom. The summed E-state index contributed by atoms with van der Waals surface area (Å²) >= 11 is 4.61. The van der Waals surface area contributed by atoms with Crippen molar-refractivity contribution in [2.75, 3.05) is 21.5 Å². The van der Waals surface area contributed by atoms with Crippen molar-refractivity contribution in [2.24, 2.45) is 0 Å². The predicted molar refractivity (Wildman–Crippen MR) is 87.1 cm³/mol. The second-order valence-corrected chi connectivity index (χ2v) is 32.3. The lowest BCUT2D eigenvalue weighted by atomic mass is 11.7. The molecule has 0 nitrogen and oxygen atoms in total. The molecule has 0 spiro atoms. The van der Waals surface area contributed by atoms with Crippen LogP contribution in [0.1, 0.15) is 0 Å². The van der Waals surface area contributed by atoms with E-state index in [0.717, 1.165) is 0 Å². The van der Waals surface area contributed by atoms with Crippen molar-refractivity contribution >= 4 is 46.8 Å². The molecule has 0 aromatic heterocycles.